The van der Waals surface area contributed by atoms with Crippen molar-refractivity contribution in [2.75, 3.05) is 23.1 Å². The van der Waals surface area contributed by atoms with Gasteiger partial charge in [0, 0.05) is 34.2 Å². The van der Waals surface area contributed by atoms with E-state index in [9.17, 15) is 21.6 Å². The maximum absolute atomic E-state index is 12.8. The summed E-state index contributed by atoms with van der Waals surface area (Å²) < 4.78 is 56.1. The molecule has 38 heavy (non-hydrogen) atoms. The molecular formula is C26H27BrClN3O5S2. The molecule has 1 fully saturated rings. The number of sulfonamides is 2. The second kappa shape index (κ2) is 11.7. The van der Waals surface area contributed by atoms with Gasteiger partial charge in [-0.3, -0.25) is 9.52 Å². The highest BCUT2D eigenvalue weighted by molar-refractivity contribution is 9.10. The van der Waals surface area contributed by atoms with E-state index in [0.717, 1.165) is 10.0 Å². The highest BCUT2D eigenvalue weighted by Gasteiger charge is 2.31. The zero-order valence-electron chi connectivity index (χ0n) is 20.5. The Kier molecular flexibility index (Phi) is 8.83. The Morgan fingerprint density at radius 2 is 1.68 bits per heavy atom. The summed E-state index contributed by atoms with van der Waals surface area (Å²) in [6.07, 6.45) is 0.803. The number of nitrogens with one attached hydrogen (secondary N) is 2. The van der Waals surface area contributed by atoms with Crippen molar-refractivity contribution in [1.82, 2.24) is 4.31 Å². The average Bonchev–Trinajstić information content (AvgIpc) is 2.86. The molecule has 1 saturated heterocycles. The number of carbonyl (C=O) groups excluding carboxylic acids is 1. The molecule has 0 aliphatic carbocycles. The third kappa shape index (κ3) is 7.15. The number of benzene rings is 3. The highest BCUT2D eigenvalue weighted by Crippen LogP contribution is 2.26. The summed E-state index contributed by atoms with van der Waals surface area (Å²) in [5.41, 5.74) is 2.27. The summed E-state index contributed by atoms with van der Waals surface area (Å²) in [5, 5.41) is 3.23. The van der Waals surface area contributed by atoms with Crippen molar-refractivity contribution in [3.63, 3.8) is 0 Å². The molecule has 0 aromatic heterocycles. The van der Waals surface area contributed by atoms with Crippen LogP contribution in [0.4, 0.5) is 11.4 Å². The van der Waals surface area contributed by atoms with E-state index in [1.807, 2.05) is 6.07 Å². The van der Waals surface area contributed by atoms with Crippen LogP contribution in [0.1, 0.15) is 24.0 Å². The van der Waals surface area contributed by atoms with E-state index in [2.05, 4.69) is 26.0 Å². The van der Waals surface area contributed by atoms with E-state index >= 15 is 0 Å². The summed E-state index contributed by atoms with van der Waals surface area (Å²) in [4.78, 5) is 12.9. The molecule has 0 radical (unpaired) electrons. The topological polar surface area (TPSA) is 113 Å². The van der Waals surface area contributed by atoms with E-state index < -0.39 is 20.0 Å². The number of carbonyl (C=O) groups is 1. The Labute approximate surface area is 236 Å². The Morgan fingerprint density at radius 1 is 1.00 bits per heavy atom. The zero-order chi connectivity index (χ0) is 27.5. The second-order valence-electron chi connectivity index (χ2n) is 9.14. The molecule has 1 heterocycles. The maximum Gasteiger partial charge on any atom is 0.261 e. The fourth-order valence-corrected chi connectivity index (χ4v) is 7.49. The summed E-state index contributed by atoms with van der Waals surface area (Å²) >= 11 is 9.34. The Balaban J connectivity index is 1.33. The van der Waals surface area contributed by atoms with E-state index in [1.54, 1.807) is 43.3 Å². The van der Waals surface area contributed by atoms with Crippen LogP contribution in [0.3, 0.4) is 0 Å². The molecule has 1 aliphatic heterocycles. The zero-order valence-corrected chi connectivity index (χ0v) is 24.5. The van der Waals surface area contributed by atoms with E-state index in [-0.39, 0.29) is 35.6 Å². The van der Waals surface area contributed by atoms with Crippen molar-refractivity contribution in [1.29, 1.82) is 0 Å². The molecule has 0 bridgehead atoms. The molecule has 0 unspecified atom stereocenters. The maximum atomic E-state index is 12.8. The van der Waals surface area contributed by atoms with Crippen LogP contribution in [0.2, 0.25) is 5.02 Å². The predicted octanol–water partition coefficient (Wildman–Crippen LogP) is 5.39. The van der Waals surface area contributed by atoms with E-state index in [4.69, 9.17) is 11.6 Å². The van der Waals surface area contributed by atoms with Crippen molar-refractivity contribution in [3.8, 4) is 0 Å². The molecule has 0 atom stereocenters. The van der Waals surface area contributed by atoms with Gasteiger partial charge in [-0.15, -0.1) is 0 Å². The Bertz CT molecular complexity index is 1540. The van der Waals surface area contributed by atoms with Gasteiger partial charge in [-0.1, -0.05) is 45.7 Å². The van der Waals surface area contributed by atoms with Gasteiger partial charge in [0.15, 0.2) is 0 Å². The van der Waals surface area contributed by atoms with Crippen molar-refractivity contribution in [2.45, 2.75) is 30.4 Å². The largest absolute Gasteiger partial charge is 0.326 e. The van der Waals surface area contributed by atoms with Gasteiger partial charge in [-0.25, -0.2) is 21.1 Å². The van der Waals surface area contributed by atoms with Gasteiger partial charge in [0.25, 0.3) is 10.0 Å². The van der Waals surface area contributed by atoms with Gasteiger partial charge in [0.05, 0.1) is 16.3 Å². The number of piperidine rings is 1. The Hall–Kier alpha value is -2.44. The lowest BCUT2D eigenvalue weighted by Gasteiger charge is -2.30. The van der Waals surface area contributed by atoms with Gasteiger partial charge < -0.3 is 5.32 Å². The van der Waals surface area contributed by atoms with Gasteiger partial charge >= 0.3 is 0 Å². The van der Waals surface area contributed by atoms with Crippen LogP contribution in [-0.2, 0) is 30.6 Å². The monoisotopic (exact) mass is 639 g/mol. The van der Waals surface area contributed by atoms with Crippen molar-refractivity contribution >= 4 is 64.9 Å². The number of anilines is 2. The molecule has 0 spiro atoms. The number of nitrogens with zero attached hydrogens (tertiary/aromatic N) is 1. The minimum Gasteiger partial charge on any atom is -0.326 e. The number of amides is 1. The first kappa shape index (κ1) is 28.6. The second-order valence-corrected chi connectivity index (χ2v) is 14.1. The molecule has 0 saturated carbocycles. The number of hydrogen-bond donors (Lipinski definition) is 2. The number of halogens is 2. The number of hydrogen-bond acceptors (Lipinski definition) is 5. The summed E-state index contributed by atoms with van der Waals surface area (Å²) in [7, 11) is -7.35. The predicted molar refractivity (Wildman–Crippen MR) is 153 cm³/mol. The van der Waals surface area contributed by atoms with Gasteiger partial charge in [-0.2, -0.15) is 0 Å². The van der Waals surface area contributed by atoms with Gasteiger partial charge in [0.1, 0.15) is 0 Å². The van der Waals surface area contributed by atoms with E-state index in [0.29, 0.717) is 34.8 Å². The van der Waals surface area contributed by atoms with Gasteiger partial charge in [0.2, 0.25) is 15.9 Å². The van der Waals surface area contributed by atoms with Crippen LogP contribution in [0.25, 0.3) is 0 Å². The molecule has 1 amide bonds. The molecule has 4 rings (SSSR count). The molecule has 1 aliphatic rings. The number of aryl methyl sites for hydroxylation is 1. The summed E-state index contributed by atoms with van der Waals surface area (Å²) in [5.74, 6) is -0.662. The smallest absolute Gasteiger partial charge is 0.261 e. The van der Waals surface area contributed by atoms with Crippen LogP contribution in [0.15, 0.2) is 76.1 Å². The fraction of sp³-hybridized carbons (Fsp3) is 0.269. The summed E-state index contributed by atoms with van der Waals surface area (Å²) in [6, 6.07) is 18.0. The molecular weight excluding hydrogens is 614 g/mol. The first-order chi connectivity index (χ1) is 17.9. The van der Waals surface area contributed by atoms with Gasteiger partial charge in [-0.05, 0) is 79.4 Å². The minimum absolute atomic E-state index is 0.0406. The molecule has 2 N–H and O–H groups in total. The van der Waals surface area contributed by atoms with Crippen LogP contribution < -0.4 is 10.0 Å². The fourth-order valence-electron chi connectivity index (χ4n) is 4.19. The first-order valence-corrected chi connectivity index (χ1v) is 16.1. The quantitative estimate of drug-likeness (QED) is 0.343. The minimum atomic E-state index is -3.85. The van der Waals surface area contributed by atoms with Crippen molar-refractivity contribution < 1.29 is 21.6 Å². The van der Waals surface area contributed by atoms with Crippen LogP contribution in [-0.4, -0.2) is 40.1 Å². The standard InChI is InChI=1S/C26H27BrClN3O5S2/c1-18-5-6-22(28)16-25(18)30-38(35,36)24-9-7-23(8-10-24)29-26(32)20-11-13-31(14-12-20)37(33,34)17-19-3-2-4-21(27)15-19/h2-10,15-16,20,30H,11-14,17H2,1H3,(H,29,32). The number of rotatable bonds is 8. The lowest BCUT2D eigenvalue weighted by atomic mass is 9.97. The summed E-state index contributed by atoms with van der Waals surface area (Å²) in [6.45, 7) is 2.30. The van der Waals surface area contributed by atoms with Crippen LogP contribution in [0.5, 0.6) is 0 Å². The lowest BCUT2D eigenvalue weighted by Crippen LogP contribution is -2.41. The third-order valence-corrected chi connectivity index (χ3v) is 10.3. The molecule has 8 nitrogen and oxygen atoms in total. The normalized spacial score (nSPS) is 15.2. The van der Waals surface area contributed by atoms with Crippen molar-refractivity contribution in [2.24, 2.45) is 5.92 Å². The third-order valence-electron chi connectivity index (χ3n) is 6.33. The van der Waals surface area contributed by atoms with Crippen molar-refractivity contribution in [3.05, 3.63) is 87.4 Å². The SMILES string of the molecule is Cc1ccc(Cl)cc1NS(=O)(=O)c1ccc(NC(=O)C2CCN(S(=O)(=O)Cc3cccc(Br)c3)CC2)cc1. The first-order valence-electron chi connectivity index (χ1n) is 11.9. The van der Waals surface area contributed by atoms with E-state index in [1.165, 1.54) is 28.6 Å². The molecule has 12 heteroatoms. The van der Waals surface area contributed by atoms with Crippen LogP contribution >= 0.6 is 27.5 Å². The Morgan fingerprint density at radius 3 is 2.34 bits per heavy atom. The van der Waals surface area contributed by atoms with Crippen LogP contribution in [0, 0.1) is 12.8 Å². The molecule has 202 valence electrons. The molecule has 3 aromatic carbocycles. The highest BCUT2D eigenvalue weighted by atomic mass is 79.9. The lowest BCUT2D eigenvalue weighted by molar-refractivity contribution is -0.120. The average molecular weight is 641 g/mol. The molecule has 3 aromatic rings.